The first-order valence-corrected chi connectivity index (χ1v) is 7.32. The Morgan fingerprint density at radius 2 is 2.22 bits per heavy atom. The summed E-state index contributed by atoms with van der Waals surface area (Å²) in [5.74, 6) is 0.233. The third-order valence-electron chi connectivity index (χ3n) is 3.53. The zero-order valence-electron chi connectivity index (χ0n) is 13.4. The van der Waals surface area contributed by atoms with Crippen LogP contribution in [-0.2, 0) is 4.74 Å². The Kier molecular flexibility index (Phi) is 5.57. The molecule has 0 saturated carbocycles. The number of hydrogen-bond acceptors (Lipinski definition) is 4. The number of aliphatic hydroxyl groups is 1. The summed E-state index contributed by atoms with van der Waals surface area (Å²) in [5.41, 5.74) is 1.36. The summed E-state index contributed by atoms with van der Waals surface area (Å²) in [4.78, 5) is 11.8. The third-order valence-corrected chi connectivity index (χ3v) is 3.53. The molecule has 0 aliphatic heterocycles. The lowest BCUT2D eigenvalue weighted by Gasteiger charge is -2.15. The van der Waals surface area contributed by atoms with Gasteiger partial charge < -0.3 is 24.9 Å². The molecule has 2 unspecified atom stereocenters. The van der Waals surface area contributed by atoms with Gasteiger partial charge in [-0.15, -0.1) is 0 Å². The number of methoxy groups -OCH3 is 1. The molecule has 2 amide bonds. The van der Waals surface area contributed by atoms with Gasteiger partial charge in [0.25, 0.3) is 0 Å². The van der Waals surface area contributed by atoms with Crippen LogP contribution in [0, 0.1) is 12.7 Å². The van der Waals surface area contributed by atoms with E-state index in [2.05, 4.69) is 10.6 Å². The predicted molar refractivity (Wildman–Crippen MR) is 83.7 cm³/mol. The SMILES string of the molecule is COCC(O)CNC(=O)NC(C)c1oc2ccc(F)cc2c1C. The molecule has 0 saturated heterocycles. The van der Waals surface area contributed by atoms with Crippen molar-refractivity contribution in [2.24, 2.45) is 0 Å². The summed E-state index contributed by atoms with van der Waals surface area (Å²) in [6, 6.07) is 3.47. The minimum absolute atomic E-state index is 0.0801. The van der Waals surface area contributed by atoms with E-state index in [1.54, 1.807) is 13.0 Å². The number of halogens is 1. The minimum Gasteiger partial charge on any atom is -0.459 e. The fraction of sp³-hybridized carbons (Fsp3) is 0.438. The fourth-order valence-electron chi connectivity index (χ4n) is 2.40. The minimum atomic E-state index is -0.767. The second-order valence-electron chi connectivity index (χ2n) is 5.42. The van der Waals surface area contributed by atoms with Crippen LogP contribution >= 0.6 is 0 Å². The molecule has 0 bridgehead atoms. The Balaban J connectivity index is 2.02. The highest BCUT2D eigenvalue weighted by Crippen LogP contribution is 2.29. The number of hydrogen-bond donors (Lipinski definition) is 3. The number of urea groups is 1. The Labute approximate surface area is 133 Å². The number of fused-ring (bicyclic) bond motifs is 1. The van der Waals surface area contributed by atoms with Crippen molar-refractivity contribution in [3.63, 3.8) is 0 Å². The third kappa shape index (κ3) is 4.20. The number of aryl methyl sites for hydroxylation is 1. The monoisotopic (exact) mass is 324 g/mol. The van der Waals surface area contributed by atoms with E-state index in [1.165, 1.54) is 19.2 Å². The van der Waals surface area contributed by atoms with Crippen molar-refractivity contribution in [3.05, 3.63) is 35.3 Å². The number of carbonyl (C=O) groups excluding carboxylic acids is 1. The molecule has 0 aliphatic rings. The molecule has 3 N–H and O–H groups in total. The highest BCUT2D eigenvalue weighted by atomic mass is 19.1. The number of aliphatic hydroxyl groups excluding tert-OH is 1. The second kappa shape index (κ2) is 7.43. The molecule has 1 aromatic carbocycles. The zero-order chi connectivity index (χ0) is 17.0. The second-order valence-corrected chi connectivity index (χ2v) is 5.42. The van der Waals surface area contributed by atoms with E-state index < -0.39 is 18.2 Å². The quantitative estimate of drug-likeness (QED) is 0.761. The van der Waals surface area contributed by atoms with Crippen LogP contribution in [0.4, 0.5) is 9.18 Å². The molecule has 0 spiro atoms. The zero-order valence-corrected chi connectivity index (χ0v) is 13.4. The van der Waals surface area contributed by atoms with Crippen LogP contribution in [0.2, 0.25) is 0 Å². The van der Waals surface area contributed by atoms with Crippen molar-refractivity contribution in [2.75, 3.05) is 20.3 Å². The molecular weight excluding hydrogens is 303 g/mol. The molecule has 1 aromatic heterocycles. The average molecular weight is 324 g/mol. The largest absolute Gasteiger partial charge is 0.459 e. The molecule has 0 radical (unpaired) electrons. The molecule has 6 nitrogen and oxygen atoms in total. The van der Waals surface area contributed by atoms with Crippen molar-refractivity contribution < 1.29 is 23.4 Å². The van der Waals surface area contributed by atoms with Gasteiger partial charge in [0.05, 0.1) is 18.8 Å². The van der Waals surface area contributed by atoms with Crippen LogP contribution in [0.1, 0.15) is 24.3 Å². The maximum atomic E-state index is 13.3. The summed E-state index contributed by atoms with van der Waals surface area (Å²) >= 11 is 0. The number of rotatable bonds is 6. The molecule has 23 heavy (non-hydrogen) atoms. The van der Waals surface area contributed by atoms with Gasteiger partial charge in [-0.1, -0.05) is 0 Å². The highest BCUT2D eigenvalue weighted by molar-refractivity contribution is 5.82. The van der Waals surface area contributed by atoms with E-state index in [-0.39, 0.29) is 19.0 Å². The lowest BCUT2D eigenvalue weighted by Crippen LogP contribution is -2.41. The normalized spacial score (nSPS) is 13.8. The van der Waals surface area contributed by atoms with Gasteiger partial charge in [0, 0.05) is 24.6 Å². The van der Waals surface area contributed by atoms with Gasteiger partial charge in [-0.25, -0.2) is 9.18 Å². The number of nitrogens with one attached hydrogen (secondary N) is 2. The van der Waals surface area contributed by atoms with Crippen LogP contribution < -0.4 is 10.6 Å². The van der Waals surface area contributed by atoms with Crippen molar-refractivity contribution in [1.29, 1.82) is 0 Å². The molecule has 0 fully saturated rings. The first-order chi connectivity index (χ1) is 10.9. The van der Waals surface area contributed by atoms with Gasteiger partial charge in [0.2, 0.25) is 0 Å². The highest BCUT2D eigenvalue weighted by Gasteiger charge is 2.19. The molecule has 0 aliphatic carbocycles. The van der Waals surface area contributed by atoms with E-state index in [9.17, 15) is 14.3 Å². The number of amides is 2. The molecule has 7 heteroatoms. The smallest absolute Gasteiger partial charge is 0.315 e. The summed E-state index contributed by atoms with van der Waals surface area (Å²) in [6.45, 7) is 3.81. The van der Waals surface area contributed by atoms with Crippen molar-refractivity contribution in [3.8, 4) is 0 Å². The summed E-state index contributed by atoms with van der Waals surface area (Å²) in [5, 5.41) is 15.4. The predicted octanol–water partition coefficient (Wildman–Crippen LogP) is 2.25. The summed E-state index contributed by atoms with van der Waals surface area (Å²) < 4.78 is 23.8. The Morgan fingerprint density at radius 1 is 1.48 bits per heavy atom. The van der Waals surface area contributed by atoms with Crippen LogP contribution in [-0.4, -0.2) is 37.5 Å². The van der Waals surface area contributed by atoms with Crippen molar-refractivity contribution in [2.45, 2.75) is 26.0 Å². The van der Waals surface area contributed by atoms with E-state index >= 15 is 0 Å². The van der Waals surface area contributed by atoms with Crippen LogP contribution in [0.15, 0.2) is 22.6 Å². The lowest BCUT2D eigenvalue weighted by molar-refractivity contribution is 0.0659. The molecule has 2 aromatic rings. The van der Waals surface area contributed by atoms with Crippen LogP contribution in [0.25, 0.3) is 11.0 Å². The van der Waals surface area contributed by atoms with E-state index in [1.807, 2.05) is 6.92 Å². The molecular formula is C16H21FN2O4. The lowest BCUT2D eigenvalue weighted by atomic mass is 10.1. The molecule has 126 valence electrons. The molecule has 1 heterocycles. The van der Waals surface area contributed by atoms with Crippen molar-refractivity contribution >= 4 is 17.0 Å². The first kappa shape index (κ1) is 17.2. The maximum absolute atomic E-state index is 13.3. The van der Waals surface area contributed by atoms with Gasteiger partial charge in [0.15, 0.2) is 0 Å². The number of furan rings is 1. The van der Waals surface area contributed by atoms with E-state index in [0.717, 1.165) is 5.56 Å². The topological polar surface area (TPSA) is 83.7 Å². The van der Waals surface area contributed by atoms with E-state index in [4.69, 9.17) is 9.15 Å². The number of benzene rings is 1. The first-order valence-electron chi connectivity index (χ1n) is 7.32. The summed E-state index contributed by atoms with van der Waals surface area (Å²) in [6.07, 6.45) is -0.767. The Bertz CT molecular complexity index is 686. The Morgan fingerprint density at radius 3 is 2.91 bits per heavy atom. The summed E-state index contributed by atoms with van der Waals surface area (Å²) in [7, 11) is 1.47. The van der Waals surface area contributed by atoms with Gasteiger partial charge >= 0.3 is 6.03 Å². The van der Waals surface area contributed by atoms with Gasteiger partial charge in [-0.2, -0.15) is 0 Å². The average Bonchev–Trinajstić information content (AvgIpc) is 2.82. The van der Waals surface area contributed by atoms with Gasteiger partial charge in [-0.05, 0) is 32.0 Å². The van der Waals surface area contributed by atoms with E-state index in [0.29, 0.717) is 16.7 Å². The number of ether oxygens (including phenoxy) is 1. The Hall–Kier alpha value is -2.12. The molecule has 2 rings (SSSR count). The van der Waals surface area contributed by atoms with Gasteiger partial charge in [0.1, 0.15) is 17.2 Å². The van der Waals surface area contributed by atoms with Gasteiger partial charge in [-0.3, -0.25) is 0 Å². The number of carbonyl (C=O) groups is 1. The van der Waals surface area contributed by atoms with Crippen molar-refractivity contribution in [1.82, 2.24) is 10.6 Å². The van der Waals surface area contributed by atoms with Crippen LogP contribution in [0.5, 0.6) is 0 Å². The molecule has 2 atom stereocenters. The fourth-order valence-corrected chi connectivity index (χ4v) is 2.40. The van der Waals surface area contributed by atoms with Crippen LogP contribution in [0.3, 0.4) is 0 Å². The standard InChI is InChI=1S/C16H21FN2O4/c1-9-13-6-11(17)4-5-14(13)23-15(9)10(2)19-16(21)18-7-12(20)8-22-3/h4-6,10,12,20H,7-8H2,1-3H3,(H2,18,19,21). The maximum Gasteiger partial charge on any atom is 0.315 e.